The molecule has 0 aliphatic carbocycles. The Morgan fingerprint density at radius 1 is 1.16 bits per heavy atom. The van der Waals surface area contributed by atoms with Gasteiger partial charge < -0.3 is 10.2 Å². The number of rotatable bonds is 6. The van der Waals surface area contributed by atoms with Crippen molar-refractivity contribution in [3.63, 3.8) is 0 Å². The summed E-state index contributed by atoms with van der Waals surface area (Å²) in [4.78, 5) is 26.1. The lowest BCUT2D eigenvalue weighted by Gasteiger charge is -2.16. The van der Waals surface area contributed by atoms with Gasteiger partial charge in [0.25, 0.3) is 5.91 Å². The van der Waals surface area contributed by atoms with Gasteiger partial charge in [0.2, 0.25) is 5.91 Å². The summed E-state index contributed by atoms with van der Waals surface area (Å²) < 4.78 is 0. The third-order valence-electron chi connectivity index (χ3n) is 4.52. The van der Waals surface area contributed by atoms with Gasteiger partial charge in [-0.1, -0.05) is 31.5 Å². The molecule has 3 rings (SSSR count). The molecule has 0 radical (unpaired) electrons. The summed E-state index contributed by atoms with van der Waals surface area (Å²) in [5, 5.41) is 2.92. The number of nitrogens with one attached hydrogen (secondary N) is 1. The molecule has 1 heterocycles. The molecule has 0 bridgehead atoms. The Balaban J connectivity index is 1.67. The predicted octanol–water partition coefficient (Wildman–Crippen LogP) is 4.41. The number of carbonyl (C=O) groups is 2. The highest BCUT2D eigenvalue weighted by Crippen LogP contribution is 2.24. The van der Waals surface area contributed by atoms with Gasteiger partial charge in [-0.25, -0.2) is 0 Å². The maximum atomic E-state index is 12.4. The van der Waals surface area contributed by atoms with Gasteiger partial charge in [-0.15, -0.1) is 0 Å². The molecule has 0 saturated carbocycles. The molecule has 0 unspecified atom stereocenters. The molecule has 0 aromatic heterocycles. The van der Waals surface area contributed by atoms with Crippen LogP contribution < -0.4 is 10.2 Å². The molecule has 1 aliphatic heterocycles. The number of aryl methyl sites for hydroxylation is 1. The van der Waals surface area contributed by atoms with Crippen molar-refractivity contribution in [1.29, 1.82) is 0 Å². The van der Waals surface area contributed by atoms with Crippen LogP contribution in [0.15, 0.2) is 48.5 Å². The standard InChI is InChI=1S/C21H24N2O2/c1-2-3-6-16-10-12-17(13-11-16)21(25)22-18-7-4-8-19(15-18)23-14-5-9-20(23)24/h4,7-8,10-13,15H,2-3,5-6,9,14H2,1H3,(H,22,25). The molecule has 1 aliphatic rings. The quantitative estimate of drug-likeness (QED) is 0.849. The largest absolute Gasteiger partial charge is 0.322 e. The zero-order valence-corrected chi connectivity index (χ0v) is 14.6. The monoisotopic (exact) mass is 336 g/mol. The summed E-state index contributed by atoms with van der Waals surface area (Å²) in [6, 6.07) is 15.2. The molecular formula is C21H24N2O2. The lowest BCUT2D eigenvalue weighted by Crippen LogP contribution is -2.23. The van der Waals surface area contributed by atoms with Crippen LogP contribution in [0.1, 0.15) is 48.5 Å². The highest BCUT2D eigenvalue weighted by Gasteiger charge is 2.21. The summed E-state index contributed by atoms with van der Waals surface area (Å²) in [6.07, 6.45) is 4.86. The minimum atomic E-state index is -0.132. The third kappa shape index (κ3) is 4.27. The summed E-state index contributed by atoms with van der Waals surface area (Å²) in [5.41, 5.74) is 3.45. The molecule has 1 N–H and O–H groups in total. The first kappa shape index (κ1) is 17.2. The van der Waals surface area contributed by atoms with E-state index in [0.29, 0.717) is 17.7 Å². The minimum Gasteiger partial charge on any atom is -0.322 e. The SMILES string of the molecule is CCCCc1ccc(C(=O)Nc2cccc(N3CCCC3=O)c2)cc1. The van der Waals surface area contributed by atoms with E-state index in [1.165, 1.54) is 5.56 Å². The van der Waals surface area contributed by atoms with Crippen LogP contribution in [0, 0.1) is 0 Å². The number of carbonyl (C=O) groups excluding carboxylic acids is 2. The zero-order chi connectivity index (χ0) is 17.6. The molecular weight excluding hydrogens is 312 g/mol. The lowest BCUT2D eigenvalue weighted by molar-refractivity contribution is -0.117. The highest BCUT2D eigenvalue weighted by atomic mass is 16.2. The van der Waals surface area contributed by atoms with Crippen LogP contribution in [0.5, 0.6) is 0 Å². The van der Waals surface area contributed by atoms with Crippen molar-refractivity contribution < 1.29 is 9.59 Å². The fraction of sp³-hybridized carbons (Fsp3) is 0.333. The van der Waals surface area contributed by atoms with E-state index in [9.17, 15) is 9.59 Å². The smallest absolute Gasteiger partial charge is 0.255 e. The number of hydrogen-bond donors (Lipinski definition) is 1. The second-order valence-electron chi connectivity index (χ2n) is 6.45. The normalized spacial score (nSPS) is 14.0. The highest BCUT2D eigenvalue weighted by molar-refractivity contribution is 6.05. The number of hydrogen-bond acceptors (Lipinski definition) is 2. The van der Waals surface area contributed by atoms with Crippen LogP contribution in [0.2, 0.25) is 0 Å². The molecule has 2 amide bonds. The van der Waals surface area contributed by atoms with Crippen LogP contribution in [0.3, 0.4) is 0 Å². The first-order chi connectivity index (χ1) is 12.2. The van der Waals surface area contributed by atoms with E-state index < -0.39 is 0 Å². The number of amides is 2. The fourth-order valence-electron chi connectivity index (χ4n) is 3.08. The topological polar surface area (TPSA) is 49.4 Å². The van der Waals surface area contributed by atoms with Crippen LogP contribution in [-0.2, 0) is 11.2 Å². The Bertz CT molecular complexity index is 753. The van der Waals surface area contributed by atoms with Gasteiger partial charge in [-0.05, 0) is 55.2 Å². The fourth-order valence-corrected chi connectivity index (χ4v) is 3.08. The summed E-state index contributed by atoms with van der Waals surface area (Å²) >= 11 is 0. The first-order valence-electron chi connectivity index (χ1n) is 8.98. The van der Waals surface area contributed by atoms with E-state index >= 15 is 0 Å². The molecule has 1 saturated heterocycles. The van der Waals surface area contributed by atoms with Crippen LogP contribution in [-0.4, -0.2) is 18.4 Å². The lowest BCUT2D eigenvalue weighted by atomic mass is 10.1. The van der Waals surface area contributed by atoms with Gasteiger partial charge in [-0.3, -0.25) is 9.59 Å². The Morgan fingerprint density at radius 3 is 2.64 bits per heavy atom. The maximum absolute atomic E-state index is 12.4. The molecule has 1 fully saturated rings. The Hall–Kier alpha value is -2.62. The van der Waals surface area contributed by atoms with Crippen LogP contribution in [0.4, 0.5) is 11.4 Å². The van der Waals surface area contributed by atoms with E-state index in [1.54, 1.807) is 4.90 Å². The third-order valence-corrected chi connectivity index (χ3v) is 4.52. The van der Waals surface area contributed by atoms with Gasteiger partial charge in [0.15, 0.2) is 0 Å². The van der Waals surface area contributed by atoms with Crippen molar-refractivity contribution in [3.8, 4) is 0 Å². The van der Waals surface area contributed by atoms with Gasteiger partial charge in [0.05, 0.1) is 0 Å². The molecule has 2 aromatic carbocycles. The maximum Gasteiger partial charge on any atom is 0.255 e. The average molecular weight is 336 g/mol. The van der Waals surface area contributed by atoms with Crippen molar-refractivity contribution >= 4 is 23.2 Å². The van der Waals surface area contributed by atoms with Crippen LogP contribution >= 0.6 is 0 Å². The van der Waals surface area contributed by atoms with E-state index in [0.717, 1.165) is 37.9 Å². The van der Waals surface area contributed by atoms with Crippen molar-refractivity contribution in [2.75, 3.05) is 16.8 Å². The molecule has 0 atom stereocenters. The molecule has 4 heteroatoms. The van der Waals surface area contributed by atoms with E-state index in [1.807, 2.05) is 48.5 Å². The molecule has 130 valence electrons. The second-order valence-corrected chi connectivity index (χ2v) is 6.45. The number of nitrogens with zero attached hydrogens (tertiary/aromatic N) is 1. The molecule has 4 nitrogen and oxygen atoms in total. The summed E-state index contributed by atoms with van der Waals surface area (Å²) in [5.74, 6) is 0.0121. The Morgan fingerprint density at radius 2 is 1.96 bits per heavy atom. The van der Waals surface area contributed by atoms with Gasteiger partial charge in [0.1, 0.15) is 0 Å². The Labute approximate surface area is 148 Å². The molecule has 2 aromatic rings. The molecule has 0 spiro atoms. The van der Waals surface area contributed by atoms with Crippen LogP contribution in [0.25, 0.3) is 0 Å². The van der Waals surface area contributed by atoms with Crippen molar-refractivity contribution in [1.82, 2.24) is 0 Å². The molecule has 25 heavy (non-hydrogen) atoms. The van der Waals surface area contributed by atoms with Crippen molar-refractivity contribution in [3.05, 3.63) is 59.7 Å². The van der Waals surface area contributed by atoms with Crippen molar-refractivity contribution in [2.45, 2.75) is 39.0 Å². The minimum absolute atomic E-state index is 0.132. The van der Waals surface area contributed by atoms with Gasteiger partial charge in [-0.2, -0.15) is 0 Å². The summed E-state index contributed by atoms with van der Waals surface area (Å²) in [6.45, 7) is 2.92. The first-order valence-corrected chi connectivity index (χ1v) is 8.98. The van der Waals surface area contributed by atoms with Gasteiger partial charge in [0, 0.05) is 29.9 Å². The van der Waals surface area contributed by atoms with Gasteiger partial charge >= 0.3 is 0 Å². The number of benzene rings is 2. The van der Waals surface area contributed by atoms with E-state index in [2.05, 4.69) is 12.2 Å². The van der Waals surface area contributed by atoms with E-state index in [-0.39, 0.29) is 11.8 Å². The average Bonchev–Trinajstić information content (AvgIpc) is 3.06. The number of unbranched alkanes of at least 4 members (excludes halogenated alkanes) is 1. The zero-order valence-electron chi connectivity index (χ0n) is 14.6. The second kappa shape index (κ2) is 7.97. The Kier molecular flexibility index (Phi) is 5.49. The van der Waals surface area contributed by atoms with Crippen molar-refractivity contribution in [2.24, 2.45) is 0 Å². The predicted molar refractivity (Wildman–Crippen MR) is 101 cm³/mol. The summed E-state index contributed by atoms with van der Waals surface area (Å²) in [7, 11) is 0. The van der Waals surface area contributed by atoms with E-state index in [4.69, 9.17) is 0 Å². The number of anilines is 2.